The van der Waals surface area contributed by atoms with Crippen molar-refractivity contribution < 1.29 is 5.11 Å². The van der Waals surface area contributed by atoms with E-state index in [0.29, 0.717) is 5.69 Å². The number of nitrogens with one attached hydrogen (secondary N) is 2. The van der Waals surface area contributed by atoms with Gasteiger partial charge >= 0.3 is 0 Å². The van der Waals surface area contributed by atoms with Gasteiger partial charge < -0.3 is 15.7 Å². The van der Waals surface area contributed by atoms with Crippen LogP contribution in [0.15, 0.2) is 9.59 Å². The summed E-state index contributed by atoms with van der Waals surface area (Å²) in [6.45, 7) is 0.210. The molecule has 0 bridgehead atoms. The largest absolute Gasteiger partial charge is 0.395 e. The van der Waals surface area contributed by atoms with E-state index in [1.807, 2.05) is 0 Å². The van der Waals surface area contributed by atoms with E-state index in [1.165, 1.54) is 0 Å². The average molecular weight is 170 g/mol. The van der Waals surface area contributed by atoms with E-state index in [-0.39, 0.29) is 18.8 Å². The van der Waals surface area contributed by atoms with Gasteiger partial charge in [0.2, 0.25) is 0 Å². The SMILES string of the molecule is CNc1c(NCCO)c(=O)c1=O. The molecule has 5 heteroatoms. The summed E-state index contributed by atoms with van der Waals surface area (Å²) in [6.07, 6.45) is 0. The van der Waals surface area contributed by atoms with E-state index in [9.17, 15) is 9.59 Å². The zero-order chi connectivity index (χ0) is 9.14. The van der Waals surface area contributed by atoms with Gasteiger partial charge in [-0.1, -0.05) is 0 Å². The summed E-state index contributed by atoms with van der Waals surface area (Å²) in [4.78, 5) is 21.6. The summed E-state index contributed by atoms with van der Waals surface area (Å²) in [7, 11) is 1.57. The smallest absolute Gasteiger partial charge is 0.253 e. The van der Waals surface area contributed by atoms with Gasteiger partial charge in [-0.05, 0) is 0 Å². The molecule has 0 aromatic heterocycles. The molecule has 0 saturated carbocycles. The fourth-order valence-electron chi connectivity index (χ4n) is 0.980. The molecule has 0 saturated heterocycles. The first-order valence-corrected chi connectivity index (χ1v) is 3.58. The highest BCUT2D eigenvalue weighted by Crippen LogP contribution is 2.11. The molecule has 1 rings (SSSR count). The van der Waals surface area contributed by atoms with Crippen LogP contribution in [0.25, 0.3) is 0 Å². The Kier molecular flexibility index (Phi) is 2.44. The third-order valence-corrected chi connectivity index (χ3v) is 1.57. The van der Waals surface area contributed by atoms with Crippen LogP contribution in [-0.4, -0.2) is 25.3 Å². The predicted molar refractivity (Wildman–Crippen MR) is 46.5 cm³/mol. The highest BCUT2D eigenvalue weighted by atomic mass is 16.3. The minimum Gasteiger partial charge on any atom is -0.395 e. The lowest BCUT2D eigenvalue weighted by Crippen LogP contribution is -2.37. The van der Waals surface area contributed by atoms with Crippen molar-refractivity contribution in [2.24, 2.45) is 0 Å². The summed E-state index contributed by atoms with van der Waals surface area (Å²) in [5.74, 6) is 0. The monoisotopic (exact) mass is 170 g/mol. The standard InChI is InChI=1S/C7H10N2O3/c1-8-4-5(9-2-3-10)7(12)6(4)11/h8-10H,2-3H2,1H3. The van der Waals surface area contributed by atoms with Crippen LogP contribution < -0.4 is 21.5 Å². The van der Waals surface area contributed by atoms with Crippen molar-refractivity contribution in [1.29, 1.82) is 0 Å². The molecule has 1 aromatic rings. The van der Waals surface area contributed by atoms with Crippen LogP contribution in [0, 0.1) is 0 Å². The number of aliphatic hydroxyl groups excluding tert-OH is 1. The number of hydrogen-bond donors (Lipinski definition) is 3. The second kappa shape index (κ2) is 3.36. The molecule has 1 aromatic carbocycles. The molecule has 0 fully saturated rings. The van der Waals surface area contributed by atoms with E-state index < -0.39 is 10.9 Å². The first kappa shape index (κ1) is 8.73. The second-order valence-corrected chi connectivity index (χ2v) is 2.31. The normalized spacial score (nSPS) is 10.2. The Balaban J connectivity index is 2.79. The molecular weight excluding hydrogens is 160 g/mol. The van der Waals surface area contributed by atoms with Gasteiger partial charge in [-0.2, -0.15) is 0 Å². The maximum Gasteiger partial charge on any atom is 0.253 e. The molecule has 66 valence electrons. The molecule has 0 aliphatic carbocycles. The minimum absolute atomic E-state index is 0.0675. The maximum absolute atomic E-state index is 10.8. The van der Waals surface area contributed by atoms with Crippen molar-refractivity contribution in [3.63, 3.8) is 0 Å². The molecule has 0 atom stereocenters. The van der Waals surface area contributed by atoms with Crippen molar-refractivity contribution in [2.45, 2.75) is 0 Å². The lowest BCUT2D eigenvalue weighted by Gasteiger charge is -2.10. The van der Waals surface area contributed by atoms with Gasteiger partial charge in [0.05, 0.1) is 6.61 Å². The van der Waals surface area contributed by atoms with Crippen LogP contribution in [0.4, 0.5) is 11.4 Å². The van der Waals surface area contributed by atoms with Crippen molar-refractivity contribution in [1.82, 2.24) is 0 Å². The predicted octanol–water partition coefficient (Wildman–Crippen LogP) is -1.27. The number of aliphatic hydroxyl groups is 1. The zero-order valence-electron chi connectivity index (χ0n) is 6.68. The van der Waals surface area contributed by atoms with Gasteiger partial charge in [0.1, 0.15) is 11.4 Å². The van der Waals surface area contributed by atoms with E-state index in [2.05, 4.69) is 10.6 Å². The molecule has 0 spiro atoms. The Morgan fingerprint density at radius 1 is 1.25 bits per heavy atom. The quantitative estimate of drug-likeness (QED) is 0.491. The van der Waals surface area contributed by atoms with Crippen molar-refractivity contribution in [2.75, 3.05) is 30.8 Å². The molecule has 5 nitrogen and oxygen atoms in total. The fraction of sp³-hybridized carbons (Fsp3) is 0.429. The Bertz CT molecular complexity index is 338. The maximum atomic E-state index is 10.8. The van der Waals surface area contributed by atoms with Gasteiger partial charge in [-0.25, -0.2) is 0 Å². The van der Waals surface area contributed by atoms with Crippen LogP contribution in [0.2, 0.25) is 0 Å². The van der Waals surface area contributed by atoms with Gasteiger partial charge in [0.15, 0.2) is 0 Å². The lowest BCUT2D eigenvalue weighted by atomic mass is 10.2. The molecule has 0 heterocycles. The molecule has 0 amide bonds. The van der Waals surface area contributed by atoms with Gasteiger partial charge in [-0.15, -0.1) is 0 Å². The molecule has 0 aliphatic heterocycles. The highest BCUT2D eigenvalue weighted by Gasteiger charge is 2.18. The number of rotatable bonds is 4. The van der Waals surface area contributed by atoms with E-state index in [0.717, 1.165) is 0 Å². The van der Waals surface area contributed by atoms with Crippen LogP contribution >= 0.6 is 0 Å². The summed E-state index contributed by atoms with van der Waals surface area (Å²) in [5.41, 5.74) is -0.448. The molecule has 3 N–H and O–H groups in total. The Hall–Kier alpha value is -1.36. The van der Waals surface area contributed by atoms with E-state index >= 15 is 0 Å². The van der Waals surface area contributed by atoms with Crippen LogP contribution in [0.5, 0.6) is 0 Å². The fourth-order valence-corrected chi connectivity index (χ4v) is 0.980. The number of anilines is 2. The third kappa shape index (κ3) is 1.18. The van der Waals surface area contributed by atoms with Gasteiger partial charge in [0, 0.05) is 13.6 Å². The molecule has 12 heavy (non-hydrogen) atoms. The van der Waals surface area contributed by atoms with Crippen molar-refractivity contribution in [3.8, 4) is 0 Å². The summed E-state index contributed by atoms with van der Waals surface area (Å²) in [5, 5.41) is 13.7. The zero-order valence-corrected chi connectivity index (χ0v) is 6.68. The van der Waals surface area contributed by atoms with E-state index in [4.69, 9.17) is 5.11 Å². The molecule has 0 unspecified atom stereocenters. The highest BCUT2D eigenvalue weighted by molar-refractivity contribution is 5.73. The Morgan fingerprint density at radius 2 is 1.83 bits per heavy atom. The summed E-state index contributed by atoms with van der Waals surface area (Å²) in [6, 6.07) is 0. The van der Waals surface area contributed by atoms with Crippen LogP contribution in [-0.2, 0) is 0 Å². The van der Waals surface area contributed by atoms with Crippen molar-refractivity contribution in [3.05, 3.63) is 20.4 Å². The topological polar surface area (TPSA) is 78.4 Å². The second-order valence-electron chi connectivity index (χ2n) is 2.31. The lowest BCUT2D eigenvalue weighted by molar-refractivity contribution is 0.311. The van der Waals surface area contributed by atoms with Gasteiger partial charge in [-0.3, -0.25) is 9.59 Å². The first-order valence-electron chi connectivity index (χ1n) is 3.58. The van der Waals surface area contributed by atoms with Gasteiger partial charge in [0.25, 0.3) is 10.9 Å². The molecule has 0 aliphatic rings. The summed E-state index contributed by atoms with van der Waals surface area (Å²) < 4.78 is 0. The third-order valence-electron chi connectivity index (χ3n) is 1.57. The van der Waals surface area contributed by atoms with Crippen molar-refractivity contribution >= 4 is 11.4 Å². The summed E-state index contributed by atoms with van der Waals surface area (Å²) >= 11 is 0. The minimum atomic E-state index is -0.521. The Morgan fingerprint density at radius 3 is 2.33 bits per heavy atom. The van der Waals surface area contributed by atoms with Crippen LogP contribution in [0.3, 0.4) is 0 Å². The molecule has 0 radical (unpaired) electrons. The number of hydrogen-bond acceptors (Lipinski definition) is 5. The average Bonchev–Trinajstić information content (AvgIpc) is 2.10. The Labute approximate surface area is 68.7 Å². The first-order chi connectivity index (χ1) is 5.72. The van der Waals surface area contributed by atoms with E-state index in [1.54, 1.807) is 7.05 Å². The van der Waals surface area contributed by atoms with Crippen LogP contribution in [0.1, 0.15) is 0 Å². The molecular formula is C7H10N2O3.